The molecule has 1 aliphatic rings. The van der Waals surface area contributed by atoms with Gasteiger partial charge in [0.05, 0.1) is 0 Å². The molecule has 0 aromatic heterocycles. The van der Waals surface area contributed by atoms with E-state index in [4.69, 9.17) is 0 Å². The molecule has 1 aliphatic heterocycles. The molecule has 2 aromatic carbocycles. The quantitative estimate of drug-likeness (QED) is 0.0495. The standard InChI is InChI=1S/C53H78N2/c1-7-13-19-22-25-29-34-46-39-47(35-30-26-23-20-14-8-2)43-49(42-46)52-50(36-28-16-10-4)51(37-31-27-24-21-15-9-3)53(55(52)54)48-40-44(32-17-11-5)38-45(41-48)33-18-12-6/h38-43H,7-28,31-33,36-37H2,1-6H3. The zero-order valence-corrected chi connectivity index (χ0v) is 36.5. The predicted molar refractivity (Wildman–Crippen MR) is 241 cm³/mol. The van der Waals surface area contributed by atoms with Gasteiger partial charge in [-0.3, -0.25) is 0 Å². The average molecular weight is 743 g/mol. The molecule has 55 heavy (non-hydrogen) atoms. The summed E-state index contributed by atoms with van der Waals surface area (Å²) in [5, 5.41) is 0. The molecule has 300 valence electrons. The van der Waals surface area contributed by atoms with Gasteiger partial charge in [0.2, 0.25) is 11.4 Å². The molecule has 0 unspecified atom stereocenters. The van der Waals surface area contributed by atoms with E-state index in [2.05, 4.69) is 102 Å². The second-order valence-corrected chi connectivity index (χ2v) is 16.2. The number of benzene rings is 2. The Morgan fingerprint density at radius 3 is 1.25 bits per heavy atom. The van der Waals surface area contributed by atoms with Gasteiger partial charge in [-0.15, -0.1) is 0 Å². The number of allylic oxidation sites excluding steroid dienone is 2. The van der Waals surface area contributed by atoms with Crippen molar-refractivity contribution in [1.29, 1.82) is 0 Å². The second kappa shape index (κ2) is 28.1. The molecule has 2 nitrogen and oxygen atoms in total. The summed E-state index contributed by atoms with van der Waals surface area (Å²) in [7, 11) is 0. The maximum Gasteiger partial charge on any atom is 0.211 e. The first-order valence-corrected chi connectivity index (χ1v) is 23.2. The normalized spacial score (nSPS) is 12.7. The molecular weight excluding hydrogens is 665 g/mol. The highest BCUT2D eigenvalue weighted by atomic mass is 15.2. The van der Waals surface area contributed by atoms with Gasteiger partial charge in [0.15, 0.2) is 0 Å². The van der Waals surface area contributed by atoms with Gasteiger partial charge in [-0.2, -0.15) is 0 Å². The van der Waals surface area contributed by atoms with E-state index >= 15 is 0 Å². The largest absolute Gasteiger partial charge is 0.493 e. The Morgan fingerprint density at radius 1 is 0.400 bits per heavy atom. The SMILES string of the molecule is CCCCCCC#Cc1cc(C#CCCCCCC)cc(C2=C(CCCCC)C(CCCCCCCC)=C(c3cc(CCCC)cc(CCCC)c3)[N+]2=[N-])c1. The minimum absolute atomic E-state index is 0.919. The van der Waals surface area contributed by atoms with Gasteiger partial charge in [0, 0.05) is 46.2 Å². The maximum atomic E-state index is 12.7. The Morgan fingerprint density at radius 2 is 0.782 bits per heavy atom. The summed E-state index contributed by atoms with van der Waals surface area (Å²) in [6.45, 7) is 13.7. The third-order valence-electron chi connectivity index (χ3n) is 11.1. The summed E-state index contributed by atoms with van der Waals surface area (Å²) in [6.07, 6.45) is 31.6. The van der Waals surface area contributed by atoms with E-state index in [1.807, 2.05) is 0 Å². The van der Waals surface area contributed by atoms with Crippen LogP contribution in [0.4, 0.5) is 0 Å². The lowest BCUT2D eigenvalue weighted by molar-refractivity contribution is -0.345. The molecule has 2 heteroatoms. The van der Waals surface area contributed by atoms with E-state index < -0.39 is 0 Å². The van der Waals surface area contributed by atoms with Crippen molar-refractivity contribution < 1.29 is 4.70 Å². The summed E-state index contributed by atoms with van der Waals surface area (Å²) in [5.41, 5.74) is 24.4. The van der Waals surface area contributed by atoms with Crippen molar-refractivity contribution >= 4 is 11.4 Å². The number of hydrogen-bond donors (Lipinski definition) is 0. The summed E-state index contributed by atoms with van der Waals surface area (Å²) in [5.74, 6) is 14.1. The highest BCUT2D eigenvalue weighted by molar-refractivity contribution is 5.83. The van der Waals surface area contributed by atoms with Crippen molar-refractivity contribution in [2.75, 3.05) is 0 Å². The van der Waals surface area contributed by atoms with E-state index in [0.29, 0.717) is 0 Å². The third kappa shape index (κ3) is 16.3. The molecule has 0 amide bonds. The zero-order valence-electron chi connectivity index (χ0n) is 36.5. The topological polar surface area (TPSA) is 25.3 Å². The van der Waals surface area contributed by atoms with Crippen molar-refractivity contribution in [3.63, 3.8) is 0 Å². The number of nitrogens with zero attached hydrogens (tertiary/aromatic N) is 2. The van der Waals surface area contributed by atoms with E-state index in [-0.39, 0.29) is 0 Å². The van der Waals surface area contributed by atoms with E-state index in [1.54, 1.807) is 4.70 Å². The van der Waals surface area contributed by atoms with Crippen LogP contribution in [0.3, 0.4) is 0 Å². The van der Waals surface area contributed by atoms with Crippen LogP contribution >= 0.6 is 0 Å². The molecule has 0 bridgehead atoms. The Balaban J connectivity index is 2.21. The number of hydrogen-bond acceptors (Lipinski definition) is 0. The molecule has 0 saturated heterocycles. The van der Waals surface area contributed by atoms with Crippen molar-refractivity contribution in [2.45, 2.75) is 215 Å². The van der Waals surface area contributed by atoms with Crippen LogP contribution < -0.4 is 0 Å². The molecule has 0 N–H and O–H groups in total. The Kier molecular flexibility index (Phi) is 23.5. The number of unbranched alkanes of at least 4 members (excludes halogenated alkanes) is 17. The van der Waals surface area contributed by atoms with Crippen LogP contribution in [0.15, 0.2) is 47.5 Å². The van der Waals surface area contributed by atoms with Crippen LogP contribution in [0.25, 0.3) is 16.9 Å². The fourth-order valence-corrected chi connectivity index (χ4v) is 7.89. The minimum atomic E-state index is 0.919. The first-order chi connectivity index (χ1) is 27.0. The lowest BCUT2D eigenvalue weighted by Crippen LogP contribution is -2.05. The van der Waals surface area contributed by atoms with Gasteiger partial charge in [0.1, 0.15) is 0 Å². The van der Waals surface area contributed by atoms with Crippen molar-refractivity contribution in [1.82, 2.24) is 0 Å². The molecule has 2 aromatic rings. The Labute approximate surface area is 340 Å². The van der Waals surface area contributed by atoms with Crippen molar-refractivity contribution in [2.24, 2.45) is 0 Å². The average Bonchev–Trinajstić information content (AvgIpc) is 3.47. The molecule has 0 fully saturated rings. The molecule has 0 radical (unpaired) electrons. The van der Waals surface area contributed by atoms with Crippen molar-refractivity contribution in [3.8, 4) is 23.7 Å². The van der Waals surface area contributed by atoms with Crippen LogP contribution in [0.5, 0.6) is 0 Å². The highest BCUT2D eigenvalue weighted by Gasteiger charge is 2.35. The van der Waals surface area contributed by atoms with Gasteiger partial charge in [-0.1, -0.05) is 168 Å². The van der Waals surface area contributed by atoms with Gasteiger partial charge < -0.3 is 5.53 Å². The lowest BCUT2D eigenvalue weighted by atomic mass is 9.90. The summed E-state index contributed by atoms with van der Waals surface area (Å²) in [6, 6.07) is 13.9. The van der Waals surface area contributed by atoms with Crippen LogP contribution in [-0.4, -0.2) is 4.70 Å². The van der Waals surface area contributed by atoms with Crippen LogP contribution in [-0.2, 0) is 12.8 Å². The summed E-state index contributed by atoms with van der Waals surface area (Å²) in [4.78, 5) is 0. The highest BCUT2D eigenvalue weighted by Crippen LogP contribution is 2.45. The first kappa shape index (κ1) is 46.0. The van der Waals surface area contributed by atoms with Crippen molar-refractivity contribution in [3.05, 3.63) is 86.5 Å². The van der Waals surface area contributed by atoms with E-state index in [0.717, 1.165) is 92.3 Å². The third-order valence-corrected chi connectivity index (χ3v) is 11.1. The Hall–Kier alpha value is -3.36. The minimum Gasteiger partial charge on any atom is -0.493 e. The monoisotopic (exact) mass is 743 g/mol. The fourth-order valence-electron chi connectivity index (χ4n) is 7.89. The molecule has 0 spiro atoms. The first-order valence-electron chi connectivity index (χ1n) is 23.2. The molecule has 0 saturated carbocycles. The smallest absolute Gasteiger partial charge is 0.211 e. The van der Waals surface area contributed by atoms with Gasteiger partial charge in [-0.05, 0) is 106 Å². The van der Waals surface area contributed by atoms with Gasteiger partial charge >= 0.3 is 0 Å². The summed E-state index contributed by atoms with van der Waals surface area (Å²) < 4.78 is 1.61. The van der Waals surface area contributed by atoms with E-state index in [1.165, 1.54) is 137 Å². The Bertz CT molecular complexity index is 1550. The summed E-state index contributed by atoms with van der Waals surface area (Å²) >= 11 is 0. The maximum absolute atomic E-state index is 12.7. The number of aryl methyl sites for hydroxylation is 2. The van der Waals surface area contributed by atoms with Gasteiger partial charge in [0.25, 0.3) is 0 Å². The van der Waals surface area contributed by atoms with Crippen LogP contribution in [0.1, 0.15) is 235 Å². The molecule has 0 aliphatic carbocycles. The molecule has 3 rings (SSSR count). The molecular formula is C53H78N2. The fraction of sp³-hybridized carbons (Fsp3) is 0.623. The predicted octanol–water partition coefficient (Wildman–Crippen LogP) is 16.5. The van der Waals surface area contributed by atoms with Crippen LogP contribution in [0, 0.1) is 23.7 Å². The second-order valence-electron chi connectivity index (χ2n) is 16.2. The zero-order chi connectivity index (χ0) is 39.5. The molecule has 1 heterocycles. The number of rotatable bonds is 27. The van der Waals surface area contributed by atoms with Crippen LogP contribution in [0.2, 0.25) is 0 Å². The van der Waals surface area contributed by atoms with E-state index in [9.17, 15) is 5.53 Å². The lowest BCUT2D eigenvalue weighted by Gasteiger charge is -2.14. The van der Waals surface area contributed by atoms with Gasteiger partial charge in [-0.25, -0.2) is 4.70 Å². The molecule has 0 atom stereocenters.